The molecular weight excluding hydrogens is 236 g/mol. The first kappa shape index (κ1) is 12.0. The molecule has 1 N–H and O–H groups in total. The van der Waals surface area contributed by atoms with Crippen molar-refractivity contribution < 1.29 is 24.2 Å². The van der Waals surface area contributed by atoms with Gasteiger partial charge in [0.2, 0.25) is 0 Å². The minimum absolute atomic E-state index is 0.0359. The van der Waals surface area contributed by atoms with Crippen LogP contribution >= 0.6 is 0 Å². The molecule has 1 aromatic rings. The van der Waals surface area contributed by atoms with E-state index in [1.807, 2.05) is 0 Å². The summed E-state index contributed by atoms with van der Waals surface area (Å²) in [6, 6.07) is 5.49. The van der Waals surface area contributed by atoms with E-state index in [1.165, 1.54) is 30.3 Å². The van der Waals surface area contributed by atoms with Gasteiger partial charge in [-0.2, -0.15) is 0 Å². The lowest BCUT2D eigenvalue weighted by Crippen LogP contribution is -2.17. The van der Waals surface area contributed by atoms with Crippen LogP contribution in [-0.2, 0) is 14.3 Å². The van der Waals surface area contributed by atoms with Gasteiger partial charge >= 0.3 is 5.97 Å². The molecule has 0 atom stereocenters. The van der Waals surface area contributed by atoms with Crippen molar-refractivity contribution >= 4 is 17.5 Å². The lowest BCUT2D eigenvalue weighted by Gasteiger charge is -2.11. The van der Waals surface area contributed by atoms with E-state index in [2.05, 4.69) is 0 Å². The number of ether oxygens (including phenoxy) is 1. The zero-order valence-electron chi connectivity index (χ0n) is 9.38. The highest BCUT2D eigenvalue weighted by Gasteiger charge is 2.21. The highest BCUT2D eigenvalue weighted by atomic mass is 16.5. The molecule has 0 radical (unpaired) electrons. The molecule has 5 nitrogen and oxygen atoms in total. The molecular formula is C13H10O5. The Morgan fingerprint density at radius 2 is 1.78 bits per heavy atom. The van der Waals surface area contributed by atoms with Gasteiger partial charge in [-0.3, -0.25) is 9.59 Å². The van der Waals surface area contributed by atoms with Crippen molar-refractivity contribution in [2.75, 3.05) is 0 Å². The van der Waals surface area contributed by atoms with Gasteiger partial charge in [0.25, 0.3) is 0 Å². The molecule has 0 unspecified atom stereocenters. The summed E-state index contributed by atoms with van der Waals surface area (Å²) in [7, 11) is 0. The van der Waals surface area contributed by atoms with Crippen LogP contribution in [0.4, 0.5) is 0 Å². The molecule has 0 bridgehead atoms. The van der Waals surface area contributed by atoms with Gasteiger partial charge in [0.15, 0.2) is 5.78 Å². The number of allylic oxidation sites excluding steroid dienone is 2. The second-order valence-electron chi connectivity index (χ2n) is 3.91. The number of ketones is 2. The van der Waals surface area contributed by atoms with Crippen LogP contribution in [0.1, 0.15) is 23.2 Å². The molecule has 0 aliphatic heterocycles. The Hall–Kier alpha value is -2.43. The standard InChI is InChI=1S/C13H10O5/c14-9-3-1-8(2-4-9)13(17)18-12-6-10(15)5-11(16)7-12/h1-4,6,14H,5,7H2. The average molecular weight is 246 g/mol. The van der Waals surface area contributed by atoms with E-state index in [9.17, 15) is 14.4 Å². The second kappa shape index (κ2) is 4.83. The minimum Gasteiger partial charge on any atom is -0.508 e. The topological polar surface area (TPSA) is 80.7 Å². The summed E-state index contributed by atoms with van der Waals surface area (Å²) in [5.74, 6) is -1.19. The number of hydrogen-bond acceptors (Lipinski definition) is 5. The van der Waals surface area contributed by atoms with Gasteiger partial charge in [-0.05, 0) is 24.3 Å². The maximum atomic E-state index is 11.7. The monoisotopic (exact) mass is 246 g/mol. The van der Waals surface area contributed by atoms with E-state index < -0.39 is 5.97 Å². The first-order valence-electron chi connectivity index (χ1n) is 5.31. The summed E-state index contributed by atoms with van der Waals surface area (Å²) in [4.78, 5) is 34.0. The molecule has 0 spiro atoms. The smallest absolute Gasteiger partial charge is 0.343 e. The van der Waals surface area contributed by atoms with Gasteiger partial charge < -0.3 is 9.84 Å². The van der Waals surface area contributed by atoms with Crippen LogP contribution in [0.3, 0.4) is 0 Å². The van der Waals surface area contributed by atoms with E-state index in [1.54, 1.807) is 0 Å². The van der Waals surface area contributed by atoms with E-state index in [0.717, 1.165) is 0 Å². The highest BCUT2D eigenvalue weighted by Crippen LogP contribution is 2.17. The zero-order chi connectivity index (χ0) is 13.1. The normalized spacial score (nSPS) is 15.2. The van der Waals surface area contributed by atoms with Crippen LogP contribution in [-0.4, -0.2) is 22.6 Å². The zero-order valence-corrected chi connectivity index (χ0v) is 9.38. The first-order chi connectivity index (χ1) is 8.54. The minimum atomic E-state index is -0.663. The molecule has 2 rings (SSSR count). The van der Waals surface area contributed by atoms with Crippen LogP contribution in [0.25, 0.3) is 0 Å². The number of carbonyl (C=O) groups excluding carboxylic acids is 3. The summed E-state index contributed by atoms with van der Waals surface area (Å²) >= 11 is 0. The Morgan fingerprint density at radius 3 is 2.39 bits per heavy atom. The molecule has 0 saturated carbocycles. The number of phenols is 1. The lowest BCUT2D eigenvalue weighted by atomic mass is 10.0. The third-order valence-electron chi connectivity index (χ3n) is 2.39. The molecule has 1 aliphatic carbocycles. The molecule has 0 amide bonds. The van der Waals surface area contributed by atoms with Crippen LogP contribution < -0.4 is 0 Å². The van der Waals surface area contributed by atoms with Crippen molar-refractivity contribution in [3.63, 3.8) is 0 Å². The number of esters is 1. The summed E-state index contributed by atoms with van der Waals surface area (Å²) in [6.45, 7) is 0. The second-order valence-corrected chi connectivity index (χ2v) is 3.91. The van der Waals surface area contributed by atoms with Crippen molar-refractivity contribution in [1.29, 1.82) is 0 Å². The summed E-state index contributed by atoms with van der Waals surface area (Å²) in [5, 5.41) is 9.08. The number of Topliss-reactive ketones (excluding diaryl/α,β-unsaturated/α-hetero) is 1. The van der Waals surface area contributed by atoms with Gasteiger partial charge in [-0.1, -0.05) is 0 Å². The van der Waals surface area contributed by atoms with Crippen LogP contribution in [0, 0.1) is 0 Å². The van der Waals surface area contributed by atoms with E-state index in [-0.39, 0.29) is 41.5 Å². The lowest BCUT2D eigenvalue weighted by molar-refractivity contribution is -0.125. The fourth-order valence-electron chi connectivity index (χ4n) is 1.57. The van der Waals surface area contributed by atoms with Gasteiger partial charge in [-0.15, -0.1) is 0 Å². The predicted octanol–water partition coefficient (Wildman–Crippen LogP) is 1.36. The Kier molecular flexibility index (Phi) is 3.23. The fourth-order valence-corrected chi connectivity index (χ4v) is 1.57. The molecule has 0 heterocycles. The Morgan fingerprint density at radius 1 is 1.11 bits per heavy atom. The van der Waals surface area contributed by atoms with Crippen molar-refractivity contribution in [1.82, 2.24) is 0 Å². The van der Waals surface area contributed by atoms with Crippen LogP contribution in [0.15, 0.2) is 36.1 Å². The molecule has 1 aliphatic rings. The Balaban J connectivity index is 2.10. The van der Waals surface area contributed by atoms with Gasteiger partial charge in [0.05, 0.1) is 18.4 Å². The summed E-state index contributed by atoms with van der Waals surface area (Å²) in [5.41, 5.74) is 0.235. The maximum absolute atomic E-state index is 11.7. The molecule has 92 valence electrons. The average Bonchev–Trinajstić information content (AvgIpc) is 2.28. The van der Waals surface area contributed by atoms with E-state index >= 15 is 0 Å². The number of aromatic hydroxyl groups is 1. The maximum Gasteiger partial charge on any atom is 0.343 e. The highest BCUT2D eigenvalue weighted by molar-refractivity contribution is 6.08. The first-order valence-corrected chi connectivity index (χ1v) is 5.31. The summed E-state index contributed by atoms with van der Waals surface area (Å²) in [6.07, 6.45) is 0.982. The Bertz CT molecular complexity index is 539. The third-order valence-corrected chi connectivity index (χ3v) is 2.39. The van der Waals surface area contributed by atoms with Crippen LogP contribution in [0.2, 0.25) is 0 Å². The number of benzene rings is 1. The van der Waals surface area contributed by atoms with E-state index in [0.29, 0.717) is 0 Å². The van der Waals surface area contributed by atoms with E-state index in [4.69, 9.17) is 9.84 Å². The van der Waals surface area contributed by atoms with Gasteiger partial charge in [0, 0.05) is 6.08 Å². The van der Waals surface area contributed by atoms with Crippen molar-refractivity contribution in [3.05, 3.63) is 41.7 Å². The summed E-state index contributed by atoms with van der Waals surface area (Å²) < 4.78 is 4.96. The molecule has 5 heteroatoms. The van der Waals surface area contributed by atoms with Gasteiger partial charge in [0.1, 0.15) is 17.3 Å². The molecule has 1 aromatic carbocycles. The molecule has 18 heavy (non-hydrogen) atoms. The fraction of sp³-hybridized carbons (Fsp3) is 0.154. The molecule has 0 saturated heterocycles. The van der Waals surface area contributed by atoms with Crippen LogP contribution in [0.5, 0.6) is 5.75 Å². The number of carbonyl (C=O) groups is 3. The van der Waals surface area contributed by atoms with Crippen molar-refractivity contribution in [2.45, 2.75) is 12.8 Å². The molecule has 0 aromatic heterocycles. The third kappa shape index (κ3) is 2.82. The Labute approximate surface area is 103 Å². The predicted molar refractivity (Wildman–Crippen MR) is 60.9 cm³/mol. The largest absolute Gasteiger partial charge is 0.508 e. The quantitative estimate of drug-likeness (QED) is 0.629. The van der Waals surface area contributed by atoms with Crippen molar-refractivity contribution in [3.8, 4) is 5.75 Å². The molecule has 0 fully saturated rings. The number of phenolic OH excluding ortho intramolecular Hbond substituents is 1. The van der Waals surface area contributed by atoms with Crippen molar-refractivity contribution in [2.24, 2.45) is 0 Å². The number of rotatable bonds is 2. The number of hydrogen-bond donors (Lipinski definition) is 1. The SMILES string of the molecule is O=C1C=C(OC(=O)c2ccc(O)cc2)CC(=O)C1. The van der Waals surface area contributed by atoms with Gasteiger partial charge in [-0.25, -0.2) is 4.79 Å².